The van der Waals surface area contributed by atoms with Crippen molar-refractivity contribution >= 4 is 29.3 Å². The summed E-state index contributed by atoms with van der Waals surface area (Å²) < 4.78 is 0. The zero-order chi connectivity index (χ0) is 20.5. The Hall–Kier alpha value is -2.00. The Bertz CT molecular complexity index is 833. The fraction of sp³-hybridized carbons (Fsp3) is 0.391. The Labute approximate surface area is 182 Å². The van der Waals surface area contributed by atoms with Crippen molar-refractivity contribution in [2.45, 2.75) is 30.7 Å². The Morgan fingerprint density at radius 3 is 2.52 bits per heavy atom. The predicted molar refractivity (Wildman–Crippen MR) is 119 cm³/mol. The van der Waals surface area contributed by atoms with Crippen LogP contribution in [0.5, 0.6) is 0 Å². The third-order valence-corrected chi connectivity index (χ3v) is 6.40. The van der Waals surface area contributed by atoms with Gasteiger partial charge in [-0.1, -0.05) is 23.7 Å². The number of nitrogens with zero attached hydrogens (tertiary/aromatic N) is 3. The van der Waals surface area contributed by atoms with Gasteiger partial charge in [0.05, 0.1) is 11.6 Å². The van der Waals surface area contributed by atoms with Crippen LogP contribution in [0, 0.1) is 11.3 Å². The molecule has 29 heavy (non-hydrogen) atoms. The first-order valence-corrected chi connectivity index (χ1v) is 11.4. The third-order valence-electron chi connectivity index (χ3n) is 5.05. The van der Waals surface area contributed by atoms with Gasteiger partial charge in [0.1, 0.15) is 0 Å². The number of halogens is 1. The van der Waals surface area contributed by atoms with Gasteiger partial charge in [-0.15, -0.1) is 11.8 Å². The topological polar surface area (TPSA) is 47.3 Å². The van der Waals surface area contributed by atoms with Crippen LogP contribution in [-0.4, -0.2) is 47.6 Å². The molecular weight excluding hydrogens is 402 g/mol. The van der Waals surface area contributed by atoms with Crippen molar-refractivity contribution in [2.75, 3.05) is 31.9 Å². The summed E-state index contributed by atoms with van der Waals surface area (Å²) in [5, 5.41) is 9.66. The summed E-state index contributed by atoms with van der Waals surface area (Å²) in [6.45, 7) is 4.39. The van der Waals surface area contributed by atoms with Gasteiger partial charge in [-0.25, -0.2) is 0 Å². The molecular formula is C23H26ClN3OS. The second-order valence-corrected chi connectivity index (χ2v) is 8.83. The van der Waals surface area contributed by atoms with Gasteiger partial charge in [-0.05, 0) is 60.6 Å². The molecule has 0 spiro atoms. The number of hydrogen-bond donors (Lipinski definition) is 0. The molecule has 1 saturated heterocycles. The second-order valence-electron chi connectivity index (χ2n) is 7.23. The van der Waals surface area contributed by atoms with E-state index in [0.29, 0.717) is 12.0 Å². The highest BCUT2D eigenvalue weighted by Crippen LogP contribution is 2.21. The van der Waals surface area contributed by atoms with Gasteiger partial charge in [-0.2, -0.15) is 5.26 Å². The van der Waals surface area contributed by atoms with E-state index in [-0.39, 0.29) is 5.91 Å². The van der Waals surface area contributed by atoms with Crippen LogP contribution in [0.4, 0.5) is 0 Å². The van der Waals surface area contributed by atoms with Crippen molar-refractivity contribution in [3.05, 3.63) is 64.7 Å². The molecule has 0 aliphatic carbocycles. The molecule has 1 amide bonds. The minimum absolute atomic E-state index is 0.266. The largest absolute Gasteiger partial charge is 0.341 e. The maximum absolute atomic E-state index is 12.6. The maximum atomic E-state index is 12.6. The van der Waals surface area contributed by atoms with E-state index in [9.17, 15) is 4.79 Å². The lowest BCUT2D eigenvalue weighted by molar-refractivity contribution is -0.131. The normalized spacial score (nSPS) is 15.0. The predicted octanol–water partition coefficient (Wildman–Crippen LogP) is 4.82. The van der Waals surface area contributed by atoms with Gasteiger partial charge in [0.15, 0.2) is 0 Å². The third kappa shape index (κ3) is 7.08. The van der Waals surface area contributed by atoms with Gasteiger partial charge >= 0.3 is 0 Å². The lowest BCUT2D eigenvalue weighted by atomic mass is 10.1. The first kappa shape index (κ1) is 21.7. The average Bonchev–Trinajstić information content (AvgIpc) is 2.98. The monoisotopic (exact) mass is 427 g/mol. The summed E-state index contributed by atoms with van der Waals surface area (Å²) in [5.74, 6) is 1.20. The van der Waals surface area contributed by atoms with E-state index in [1.807, 2.05) is 53.4 Å². The molecule has 2 aromatic rings. The molecule has 0 aromatic heterocycles. The summed E-state index contributed by atoms with van der Waals surface area (Å²) in [7, 11) is 0. The SMILES string of the molecule is N#Cc1ccc(CN2CCCN(C(=O)CCCSc3ccc(Cl)cc3)CC2)cc1. The van der Waals surface area contributed by atoms with Crippen LogP contribution in [0.25, 0.3) is 0 Å². The molecule has 1 aliphatic heterocycles. The van der Waals surface area contributed by atoms with Crippen molar-refractivity contribution < 1.29 is 4.79 Å². The molecule has 6 heteroatoms. The Kier molecular flexibility index (Phi) is 8.42. The number of hydrogen-bond acceptors (Lipinski definition) is 4. The first-order chi connectivity index (χ1) is 14.1. The molecule has 3 rings (SSSR count). The van der Waals surface area contributed by atoms with E-state index in [4.69, 9.17) is 16.9 Å². The molecule has 0 saturated carbocycles. The summed E-state index contributed by atoms with van der Waals surface area (Å²) in [6.07, 6.45) is 2.50. The minimum Gasteiger partial charge on any atom is -0.341 e. The smallest absolute Gasteiger partial charge is 0.222 e. The van der Waals surface area contributed by atoms with E-state index in [1.165, 1.54) is 10.5 Å². The van der Waals surface area contributed by atoms with Crippen LogP contribution in [0.2, 0.25) is 5.02 Å². The zero-order valence-electron chi connectivity index (χ0n) is 16.5. The lowest BCUT2D eigenvalue weighted by Crippen LogP contribution is -2.35. The van der Waals surface area contributed by atoms with Crippen molar-refractivity contribution in [2.24, 2.45) is 0 Å². The highest BCUT2D eigenvalue weighted by Gasteiger charge is 2.18. The van der Waals surface area contributed by atoms with E-state index >= 15 is 0 Å². The number of benzene rings is 2. The molecule has 152 valence electrons. The van der Waals surface area contributed by atoms with Crippen LogP contribution in [0.1, 0.15) is 30.4 Å². The van der Waals surface area contributed by atoms with Crippen LogP contribution in [0.15, 0.2) is 53.4 Å². The van der Waals surface area contributed by atoms with E-state index < -0.39 is 0 Å². The van der Waals surface area contributed by atoms with Crippen molar-refractivity contribution in [3.63, 3.8) is 0 Å². The number of rotatable bonds is 7. The highest BCUT2D eigenvalue weighted by molar-refractivity contribution is 7.99. The number of nitriles is 1. The second kappa shape index (κ2) is 11.3. The van der Waals surface area contributed by atoms with Crippen molar-refractivity contribution in [1.29, 1.82) is 5.26 Å². The fourth-order valence-electron chi connectivity index (χ4n) is 3.42. The Morgan fingerprint density at radius 1 is 1.03 bits per heavy atom. The maximum Gasteiger partial charge on any atom is 0.222 e. The zero-order valence-corrected chi connectivity index (χ0v) is 18.1. The fourth-order valence-corrected chi connectivity index (χ4v) is 4.40. The average molecular weight is 428 g/mol. The molecule has 1 heterocycles. The summed E-state index contributed by atoms with van der Waals surface area (Å²) in [5.41, 5.74) is 1.90. The van der Waals surface area contributed by atoms with Crippen LogP contribution >= 0.6 is 23.4 Å². The number of thioether (sulfide) groups is 1. The van der Waals surface area contributed by atoms with Crippen molar-refractivity contribution in [3.8, 4) is 6.07 Å². The van der Waals surface area contributed by atoms with Gasteiger partial charge in [0, 0.05) is 49.1 Å². The molecule has 0 N–H and O–H groups in total. The first-order valence-electron chi connectivity index (χ1n) is 10.0. The Morgan fingerprint density at radius 2 is 1.79 bits per heavy atom. The minimum atomic E-state index is 0.266. The molecule has 1 aliphatic rings. The molecule has 1 fully saturated rings. The highest BCUT2D eigenvalue weighted by atomic mass is 35.5. The Balaban J connectivity index is 1.38. The van der Waals surface area contributed by atoms with E-state index in [1.54, 1.807) is 11.8 Å². The van der Waals surface area contributed by atoms with E-state index in [0.717, 1.165) is 56.3 Å². The molecule has 0 bridgehead atoms. The number of carbonyl (C=O) groups is 1. The molecule has 0 unspecified atom stereocenters. The van der Waals surface area contributed by atoms with Crippen molar-refractivity contribution in [1.82, 2.24) is 9.80 Å². The number of amides is 1. The van der Waals surface area contributed by atoms with Crippen LogP contribution < -0.4 is 0 Å². The van der Waals surface area contributed by atoms with Gasteiger partial charge in [0.2, 0.25) is 5.91 Å². The standard InChI is InChI=1S/C23H26ClN3OS/c24-21-8-10-22(11-9-21)29-16-1-3-23(28)27-13-2-12-26(14-15-27)18-20-6-4-19(17-25)5-7-20/h4-11H,1-3,12-16,18H2. The van der Waals surface area contributed by atoms with Crippen LogP contribution in [-0.2, 0) is 11.3 Å². The molecule has 0 radical (unpaired) electrons. The van der Waals surface area contributed by atoms with Crippen LogP contribution in [0.3, 0.4) is 0 Å². The number of carbonyl (C=O) groups excluding carboxylic acids is 1. The summed E-state index contributed by atoms with van der Waals surface area (Å²) in [6, 6.07) is 17.8. The van der Waals surface area contributed by atoms with Gasteiger partial charge < -0.3 is 4.90 Å². The lowest BCUT2D eigenvalue weighted by Gasteiger charge is -2.22. The molecule has 2 aromatic carbocycles. The van der Waals surface area contributed by atoms with Gasteiger partial charge in [-0.3, -0.25) is 9.69 Å². The van der Waals surface area contributed by atoms with E-state index in [2.05, 4.69) is 11.0 Å². The molecule has 4 nitrogen and oxygen atoms in total. The summed E-state index contributed by atoms with van der Waals surface area (Å²) in [4.78, 5) is 18.2. The molecule has 0 atom stereocenters. The van der Waals surface area contributed by atoms with Gasteiger partial charge in [0.25, 0.3) is 0 Å². The summed E-state index contributed by atoms with van der Waals surface area (Å²) >= 11 is 7.68. The quantitative estimate of drug-likeness (QED) is 0.469.